The standard InChI is InChI=1S/C129H117NO2/c1-5-9-13-17-45-77-125(78-46-18-14-10-6-2)104-63-39-36-60-98(104)121-123(125)122-119(120-101-62-38-44-68-115(101)132-124(120)121)99-74-71-90(81-109(99)126(122,79-47-19-15-11-7-3)80-48-20-16-12-8-4)130(92-69-72-96-95-59-35-42-66-107(95)129(111(96)83-92)105-64-40-33-57-93(105)94-58-34-41-65-106(94)129)91-70-73-97-102-84-113-103(85-112(102)128(110(97)82-91,88-53-29-23-30-54-88)89-55-31-24-32-56-89)117-108(75-76-116-118(117)100-61-37-43-67-114(100)131-116)127(113,86-49-25-21-26-50-86)87-51-27-22-28-52-87/h21-44,49-76,81-85H,5-20,45-48,77-80H2,1-4H3. The van der Waals surface area contributed by atoms with Gasteiger partial charge in [0.15, 0.2) is 0 Å². The van der Waals surface area contributed by atoms with Crippen LogP contribution in [-0.4, -0.2) is 0 Å². The molecule has 1 spiro atoms. The molecule has 2 heterocycles. The Morgan fingerprint density at radius 2 is 0.553 bits per heavy atom. The van der Waals surface area contributed by atoms with Gasteiger partial charge in [-0.25, -0.2) is 0 Å². The third kappa shape index (κ3) is 12.1. The Balaban J connectivity index is 0.807. The molecule has 0 fully saturated rings. The number of rotatable bonds is 31. The molecular formula is C129H117NO2. The zero-order chi connectivity index (χ0) is 88.3. The van der Waals surface area contributed by atoms with Crippen LogP contribution < -0.4 is 4.90 Å². The van der Waals surface area contributed by atoms with Gasteiger partial charge in [-0.15, -0.1) is 0 Å². The molecule has 0 amide bonds. The van der Waals surface area contributed by atoms with Gasteiger partial charge in [-0.05, 0) is 243 Å². The van der Waals surface area contributed by atoms with Crippen LogP contribution in [0.3, 0.4) is 0 Å². The van der Waals surface area contributed by atoms with E-state index in [4.69, 9.17) is 8.83 Å². The van der Waals surface area contributed by atoms with Crippen molar-refractivity contribution >= 4 is 60.9 Å². The minimum absolute atomic E-state index is 0.233. The quantitative estimate of drug-likeness (QED) is 0.0406. The maximum atomic E-state index is 7.79. The second-order valence-electron chi connectivity index (χ2n) is 39.4. The highest BCUT2D eigenvalue weighted by atomic mass is 16.3. The van der Waals surface area contributed by atoms with Crippen LogP contribution >= 0.6 is 0 Å². The maximum Gasteiger partial charge on any atom is 0.144 e. The molecule has 0 saturated carbocycles. The first kappa shape index (κ1) is 82.1. The van der Waals surface area contributed by atoms with Gasteiger partial charge in [0.25, 0.3) is 0 Å². The average molecular weight is 1710 g/mol. The number of unbranched alkanes of at least 4 members (excludes halogenated alkanes) is 16. The van der Waals surface area contributed by atoms with E-state index in [0.29, 0.717) is 0 Å². The predicted molar refractivity (Wildman–Crippen MR) is 553 cm³/mol. The van der Waals surface area contributed by atoms with Crippen molar-refractivity contribution in [2.75, 3.05) is 4.90 Å². The summed E-state index contributed by atoms with van der Waals surface area (Å²) >= 11 is 0. The summed E-state index contributed by atoms with van der Waals surface area (Å²) in [6, 6.07) is 136. The molecule has 6 aliphatic rings. The Kier molecular flexibility index (Phi) is 20.7. The smallest absolute Gasteiger partial charge is 0.144 e. The highest BCUT2D eigenvalue weighted by Gasteiger charge is 2.58. The molecule has 6 aliphatic carbocycles. The summed E-state index contributed by atoms with van der Waals surface area (Å²) in [7, 11) is 0. The first-order valence-electron chi connectivity index (χ1n) is 50.4. The summed E-state index contributed by atoms with van der Waals surface area (Å²) < 4.78 is 14.8. The highest BCUT2D eigenvalue weighted by Crippen LogP contribution is 2.71. The van der Waals surface area contributed by atoms with E-state index < -0.39 is 16.2 Å². The second-order valence-corrected chi connectivity index (χ2v) is 39.4. The lowest BCUT2D eigenvalue weighted by Gasteiger charge is -2.40. The van der Waals surface area contributed by atoms with E-state index in [2.05, 4.69) is 378 Å². The van der Waals surface area contributed by atoms with Gasteiger partial charge < -0.3 is 13.7 Å². The van der Waals surface area contributed by atoms with Crippen LogP contribution in [0.1, 0.15) is 271 Å². The fourth-order valence-corrected chi connectivity index (χ4v) is 27.1. The van der Waals surface area contributed by atoms with E-state index in [1.54, 1.807) is 16.7 Å². The Morgan fingerprint density at radius 3 is 1.05 bits per heavy atom. The number of furan rings is 2. The summed E-state index contributed by atoms with van der Waals surface area (Å²) in [5.74, 6) is 0. The van der Waals surface area contributed by atoms with Crippen LogP contribution in [-0.2, 0) is 27.1 Å². The molecule has 0 aliphatic heterocycles. The van der Waals surface area contributed by atoms with Crippen LogP contribution in [0.25, 0.3) is 111 Å². The van der Waals surface area contributed by atoms with Crippen LogP contribution in [0.2, 0.25) is 0 Å². The number of hydrogen-bond donors (Lipinski definition) is 0. The van der Waals surface area contributed by atoms with Crippen molar-refractivity contribution in [3.05, 3.63) is 435 Å². The lowest BCUT2D eigenvalue weighted by atomic mass is 9.62. The molecule has 18 aromatic rings. The van der Waals surface area contributed by atoms with Crippen LogP contribution in [0.4, 0.5) is 17.1 Å². The third-order valence-corrected chi connectivity index (χ3v) is 32.6. The van der Waals surface area contributed by atoms with Gasteiger partial charge in [-0.3, -0.25) is 0 Å². The molecule has 3 nitrogen and oxygen atoms in total. The van der Waals surface area contributed by atoms with Gasteiger partial charge in [0.2, 0.25) is 0 Å². The van der Waals surface area contributed by atoms with Crippen molar-refractivity contribution in [3.8, 4) is 66.8 Å². The summed E-state index contributed by atoms with van der Waals surface area (Å²) in [5, 5.41) is 4.81. The monoisotopic (exact) mass is 1710 g/mol. The Hall–Kier alpha value is -13.1. The molecule has 132 heavy (non-hydrogen) atoms. The number of fused-ring (bicyclic) bond motifs is 32. The molecule has 0 radical (unpaired) electrons. The Bertz CT molecular complexity index is 7310. The number of para-hydroxylation sites is 2. The average Bonchev–Trinajstić information content (AvgIpc) is 1.50. The zero-order valence-electron chi connectivity index (χ0n) is 77.1. The second kappa shape index (κ2) is 33.3. The van der Waals surface area contributed by atoms with Gasteiger partial charge in [0.05, 0.1) is 16.2 Å². The molecule has 24 rings (SSSR count). The number of anilines is 3. The van der Waals surface area contributed by atoms with Crippen molar-refractivity contribution in [1.29, 1.82) is 0 Å². The molecule has 0 bridgehead atoms. The van der Waals surface area contributed by atoms with Crippen LogP contribution in [0.5, 0.6) is 0 Å². The highest BCUT2D eigenvalue weighted by molar-refractivity contribution is 6.22. The molecule has 650 valence electrons. The fourth-order valence-electron chi connectivity index (χ4n) is 27.1. The summed E-state index contributed by atoms with van der Waals surface area (Å²) in [5.41, 5.74) is 41.9. The van der Waals surface area contributed by atoms with Gasteiger partial charge in [0.1, 0.15) is 22.3 Å². The number of benzene rings is 16. The van der Waals surface area contributed by atoms with Crippen molar-refractivity contribution in [1.82, 2.24) is 0 Å². The molecule has 0 atom stereocenters. The minimum atomic E-state index is -0.846. The molecule has 16 aromatic carbocycles. The normalized spacial score (nSPS) is 14.9. The maximum absolute atomic E-state index is 7.79. The van der Waals surface area contributed by atoms with Crippen molar-refractivity contribution in [2.45, 2.75) is 209 Å². The SMILES string of the molecule is CCCCCCCC1(CCCCCCC)c2ccccc2-c2c1c1c(c3c2oc2ccccc23)-c2ccc(N(c3ccc4c(c3)C(c3ccccc3)(c3ccccc3)c3cc5c(cc3-4)C(c3ccccc3)(c3ccccc3)c3ccc4oc6ccccc6c4c3-5)c3ccc4c(c3)C3(c5ccccc5-c5ccccc53)c3ccccc3-4)cc2C1(CCCCCCC)CCCCCCC. The van der Waals surface area contributed by atoms with E-state index in [9.17, 15) is 0 Å². The predicted octanol–water partition coefficient (Wildman–Crippen LogP) is 36.0. The van der Waals surface area contributed by atoms with Crippen molar-refractivity contribution < 1.29 is 8.83 Å². The first-order valence-corrected chi connectivity index (χ1v) is 50.4. The molecule has 0 saturated heterocycles. The third-order valence-electron chi connectivity index (χ3n) is 32.6. The van der Waals surface area contributed by atoms with Gasteiger partial charge in [-0.1, -0.05) is 435 Å². The molecular weight excluding hydrogens is 1600 g/mol. The zero-order valence-corrected chi connectivity index (χ0v) is 77.1. The van der Waals surface area contributed by atoms with Crippen LogP contribution in [0, 0.1) is 0 Å². The molecule has 0 N–H and O–H groups in total. The molecule has 2 aromatic heterocycles. The molecule has 3 heteroatoms. The Morgan fingerprint density at radius 1 is 0.212 bits per heavy atom. The Labute approximate surface area is 779 Å². The lowest BCUT2D eigenvalue weighted by molar-refractivity contribution is 0.369. The fraction of sp³-hybridized carbons (Fsp3) is 0.256. The lowest BCUT2D eigenvalue weighted by Crippen LogP contribution is -2.33. The summed E-state index contributed by atoms with van der Waals surface area (Å²) in [6.45, 7) is 9.54. The van der Waals surface area contributed by atoms with E-state index in [1.807, 2.05) is 0 Å². The van der Waals surface area contributed by atoms with E-state index >= 15 is 0 Å². The van der Waals surface area contributed by atoms with E-state index in [1.165, 1.54) is 271 Å². The number of hydrogen-bond acceptors (Lipinski definition) is 3. The minimum Gasteiger partial charge on any atom is -0.456 e. The first-order chi connectivity index (χ1) is 65.3. The van der Waals surface area contributed by atoms with Crippen molar-refractivity contribution in [3.63, 3.8) is 0 Å². The van der Waals surface area contributed by atoms with Gasteiger partial charge >= 0.3 is 0 Å². The summed E-state index contributed by atoms with van der Waals surface area (Å²) in [4.78, 5) is 2.76. The largest absolute Gasteiger partial charge is 0.456 e. The van der Waals surface area contributed by atoms with Crippen molar-refractivity contribution in [2.24, 2.45) is 0 Å². The van der Waals surface area contributed by atoms with E-state index in [-0.39, 0.29) is 10.8 Å². The van der Waals surface area contributed by atoms with Crippen LogP contribution in [0.15, 0.2) is 355 Å². The van der Waals surface area contributed by atoms with Gasteiger partial charge in [0, 0.05) is 55.0 Å². The van der Waals surface area contributed by atoms with Gasteiger partial charge in [-0.2, -0.15) is 0 Å². The van der Waals surface area contributed by atoms with E-state index in [0.717, 1.165) is 83.0 Å². The summed E-state index contributed by atoms with van der Waals surface area (Å²) in [6.07, 6.45) is 28.9. The molecule has 0 unspecified atom stereocenters. The topological polar surface area (TPSA) is 29.5 Å². The number of nitrogens with zero attached hydrogens (tertiary/aromatic N) is 1.